The monoisotopic (exact) mass is 303 g/mol. The van der Waals surface area contributed by atoms with Crippen LogP contribution in [0, 0.1) is 5.82 Å². The van der Waals surface area contributed by atoms with Gasteiger partial charge in [-0.2, -0.15) is 0 Å². The molecule has 0 aliphatic rings. The lowest BCUT2D eigenvalue weighted by Gasteiger charge is -2.07. The summed E-state index contributed by atoms with van der Waals surface area (Å²) >= 11 is 4.81. The summed E-state index contributed by atoms with van der Waals surface area (Å²) < 4.78 is 19.3. The second kappa shape index (κ2) is 7.86. The average molecular weight is 303 g/mol. The fraction of sp³-hybridized carbons (Fsp3) is 0.235. The topological polar surface area (TPSA) is 35.2 Å². The number of halogens is 1. The van der Waals surface area contributed by atoms with Gasteiger partial charge in [-0.15, -0.1) is 0 Å². The van der Waals surface area contributed by atoms with Crippen molar-refractivity contribution >= 4 is 17.2 Å². The van der Waals surface area contributed by atoms with Crippen LogP contribution in [0.1, 0.15) is 23.1 Å². The van der Waals surface area contributed by atoms with E-state index in [9.17, 15) is 4.39 Å². The number of hydrogen-bond donors (Lipinski definition) is 1. The van der Waals surface area contributed by atoms with E-state index >= 15 is 0 Å². The number of nitrogens with two attached hydrogens (primary N) is 1. The first-order valence-electron chi connectivity index (χ1n) is 6.86. The molecule has 110 valence electrons. The third-order valence-corrected chi connectivity index (χ3v) is 3.43. The van der Waals surface area contributed by atoms with E-state index in [1.165, 1.54) is 11.6 Å². The van der Waals surface area contributed by atoms with Crippen molar-refractivity contribution in [2.75, 3.05) is 6.61 Å². The van der Waals surface area contributed by atoms with Gasteiger partial charge in [0.2, 0.25) is 0 Å². The molecule has 0 amide bonds. The molecule has 0 spiro atoms. The summed E-state index contributed by atoms with van der Waals surface area (Å²) in [5.74, 6) is -0.330. The van der Waals surface area contributed by atoms with Crippen molar-refractivity contribution in [1.29, 1.82) is 0 Å². The fourth-order valence-corrected chi connectivity index (χ4v) is 2.15. The van der Waals surface area contributed by atoms with Gasteiger partial charge in [-0.05, 0) is 24.5 Å². The molecule has 21 heavy (non-hydrogen) atoms. The average Bonchev–Trinajstić information content (AvgIpc) is 2.49. The highest BCUT2D eigenvalue weighted by molar-refractivity contribution is 7.80. The Hall–Kier alpha value is -1.78. The Morgan fingerprint density at radius 2 is 1.90 bits per heavy atom. The number of ether oxygens (including phenoxy) is 1. The lowest BCUT2D eigenvalue weighted by atomic mass is 10.1. The lowest BCUT2D eigenvalue weighted by molar-refractivity contribution is 0.116. The summed E-state index contributed by atoms with van der Waals surface area (Å²) in [6.07, 6.45) is 1.88. The molecule has 2 aromatic rings. The van der Waals surface area contributed by atoms with Gasteiger partial charge in [-0.3, -0.25) is 0 Å². The van der Waals surface area contributed by atoms with E-state index in [1.54, 1.807) is 12.1 Å². The van der Waals surface area contributed by atoms with Crippen molar-refractivity contribution in [3.63, 3.8) is 0 Å². The summed E-state index contributed by atoms with van der Waals surface area (Å²) in [5, 5.41) is 0. The van der Waals surface area contributed by atoms with Crippen molar-refractivity contribution < 1.29 is 9.13 Å². The number of rotatable bonds is 7. The molecule has 2 N–H and O–H groups in total. The molecule has 0 radical (unpaired) electrons. The van der Waals surface area contributed by atoms with E-state index in [0.717, 1.165) is 12.8 Å². The van der Waals surface area contributed by atoms with Gasteiger partial charge < -0.3 is 10.5 Å². The molecule has 0 heterocycles. The minimum absolute atomic E-state index is 0.198. The first kappa shape index (κ1) is 15.6. The predicted molar refractivity (Wildman–Crippen MR) is 86.7 cm³/mol. The Bertz CT molecular complexity index is 601. The third-order valence-electron chi connectivity index (χ3n) is 3.19. The van der Waals surface area contributed by atoms with Crippen LogP contribution in [0.15, 0.2) is 48.5 Å². The van der Waals surface area contributed by atoms with Gasteiger partial charge in [-0.1, -0.05) is 54.7 Å². The van der Waals surface area contributed by atoms with Crippen LogP contribution in [0.2, 0.25) is 0 Å². The second-order valence-electron chi connectivity index (χ2n) is 4.81. The molecule has 0 aliphatic heterocycles. The standard InChI is InChI=1S/C17H18FNOS/c18-16-11-14(17(19)21)8-9-15(16)12-20-10-4-7-13-5-2-1-3-6-13/h1-3,5-6,8-9,11H,4,7,10,12H2,(H2,19,21). The maximum absolute atomic E-state index is 13.8. The van der Waals surface area contributed by atoms with E-state index in [-0.39, 0.29) is 17.4 Å². The summed E-state index contributed by atoms with van der Waals surface area (Å²) in [6.45, 7) is 0.865. The van der Waals surface area contributed by atoms with Crippen molar-refractivity contribution in [3.05, 3.63) is 71.0 Å². The molecule has 0 aliphatic carbocycles. The normalized spacial score (nSPS) is 10.5. The third kappa shape index (κ3) is 4.92. The van der Waals surface area contributed by atoms with Crippen LogP contribution < -0.4 is 5.73 Å². The van der Waals surface area contributed by atoms with Gasteiger partial charge in [-0.25, -0.2) is 4.39 Å². The van der Waals surface area contributed by atoms with E-state index in [0.29, 0.717) is 17.7 Å². The van der Waals surface area contributed by atoms with Gasteiger partial charge in [0.05, 0.1) is 6.61 Å². The first-order chi connectivity index (χ1) is 10.2. The Morgan fingerprint density at radius 3 is 2.57 bits per heavy atom. The minimum Gasteiger partial charge on any atom is -0.389 e. The summed E-state index contributed by atoms with van der Waals surface area (Å²) in [5.41, 5.74) is 7.81. The zero-order valence-corrected chi connectivity index (χ0v) is 12.5. The van der Waals surface area contributed by atoms with Crippen LogP contribution in [-0.2, 0) is 17.8 Å². The Morgan fingerprint density at radius 1 is 1.14 bits per heavy atom. The van der Waals surface area contributed by atoms with E-state index in [1.807, 2.05) is 18.2 Å². The zero-order chi connectivity index (χ0) is 15.1. The number of thiocarbonyl (C=S) groups is 1. The van der Waals surface area contributed by atoms with Crippen LogP contribution in [0.25, 0.3) is 0 Å². The molecule has 0 saturated heterocycles. The first-order valence-corrected chi connectivity index (χ1v) is 7.27. The molecule has 2 nitrogen and oxygen atoms in total. The molecule has 4 heteroatoms. The molecule has 0 bridgehead atoms. The quantitative estimate of drug-likeness (QED) is 0.627. The summed E-state index contributed by atoms with van der Waals surface area (Å²) in [4.78, 5) is 0.198. The van der Waals surface area contributed by atoms with Crippen molar-refractivity contribution in [3.8, 4) is 0 Å². The molecule has 2 rings (SSSR count). The molecule has 2 aromatic carbocycles. The Labute approximate surface area is 129 Å². The highest BCUT2D eigenvalue weighted by Gasteiger charge is 2.05. The highest BCUT2D eigenvalue weighted by Crippen LogP contribution is 2.12. The van der Waals surface area contributed by atoms with E-state index in [4.69, 9.17) is 22.7 Å². The molecule has 0 saturated carbocycles. The van der Waals surface area contributed by atoms with Gasteiger partial charge in [0.15, 0.2) is 0 Å². The maximum atomic E-state index is 13.8. The van der Waals surface area contributed by atoms with Gasteiger partial charge in [0.25, 0.3) is 0 Å². The SMILES string of the molecule is NC(=S)c1ccc(COCCCc2ccccc2)c(F)c1. The van der Waals surface area contributed by atoms with Crippen LogP contribution in [0.3, 0.4) is 0 Å². The smallest absolute Gasteiger partial charge is 0.129 e. The van der Waals surface area contributed by atoms with Crippen molar-refractivity contribution in [2.45, 2.75) is 19.4 Å². The van der Waals surface area contributed by atoms with Crippen LogP contribution in [-0.4, -0.2) is 11.6 Å². The maximum Gasteiger partial charge on any atom is 0.129 e. The minimum atomic E-state index is -0.330. The molecule has 0 atom stereocenters. The Balaban J connectivity index is 1.75. The van der Waals surface area contributed by atoms with Crippen LogP contribution >= 0.6 is 12.2 Å². The van der Waals surface area contributed by atoms with Crippen molar-refractivity contribution in [1.82, 2.24) is 0 Å². The Kier molecular flexibility index (Phi) is 5.84. The molecular formula is C17H18FNOS. The number of hydrogen-bond acceptors (Lipinski definition) is 2. The lowest BCUT2D eigenvalue weighted by Crippen LogP contribution is -2.10. The number of benzene rings is 2. The van der Waals surface area contributed by atoms with E-state index < -0.39 is 0 Å². The second-order valence-corrected chi connectivity index (χ2v) is 5.25. The largest absolute Gasteiger partial charge is 0.389 e. The fourth-order valence-electron chi connectivity index (χ4n) is 2.02. The highest BCUT2D eigenvalue weighted by atomic mass is 32.1. The predicted octanol–water partition coefficient (Wildman–Crippen LogP) is 3.61. The van der Waals surface area contributed by atoms with Gasteiger partial charge in [0.1, 0.15) is 10.8 Å². The molecule has 0 aromatic heterocycles. The molecular weight excluding hydrogens is 285 g/mol. The summed E-state index contributed by atoms with van der Waals surface area (Å²) in [6, 6.07) is 15.0. The van der Waals surface area contributed by atoms with Gasteiger partial charge in [0, 0.05) is 17.7 Å². The summed E-state index contributed by atoms with van der Waals surface area (Å²) in [7, 11) is 0. The van der Waals surface area contributed by atoms with Crippen LogP contribution in [0.4, 0.5) is 4.39 Å². The molecule has 0 unspecified atom stereocenters. The van der Waals surface area contributed by atoms with Crippen molar-refractivity contribution in [2.24, 2.45) is 5.73 Å². The van der Waals surface area contributed by atoms with Gasteiger partial charge >= 0.3 is 0 Å². The zero-order valence-electron chi connectivity index (χ0n) is 11.7. The molecule has 0 fully saturated rings. The van der Waals surface area contributed by atoms with E-state index in [2.05, 4.69) is 12.1 Å². The number of aryl methyl sites for hydroxylation is 1. The van der Waals surface area contributed by atoms with Crippen LogP contribution in [0.5, 0.6) is 0 Å².